The Hall–Kier alpha value is -1.91. The number of hydrogen-bond acceptors (Lipinski definition) is 8. The number of para-hydroxylation sites is 2. The second kappa shape index (κ2) is 8.81. The first-order valence-corrected chi connectivity index (χ1v) is 9.51. The zero-order valence-corrected chi connectivity index (χ0v) is 15.2. The minimum atomic E-state index is -0.529. The number of nitro benzene ring substituents is 1. The summed E-state index contributed by atoms with van der Waals surface area (Å²) in [5.41, 5.74) is 1.10. The number of benzene rings is 1. The van der Waals surface area contributed by atoms with Crippen molar-refractivity contribution in [3.05, 3.63) is 46.5 Å². The van der Waals surface area contributed by atoms with Gasteiger partial charge in [-0.15, -0.1) is 10.2 Å². The van der Waals surface area contributed by atoms with Crippen molar-refractivity contribution in [3.63, 3.8) is 0 Å². The molecule has 0 aliphatic rings. The molecule has 1 aromatic carbocycles. The number of rotatable bonds is 8. The SMILES string of the molecule is C=C(C)CSc1nnc(SCC(=O)Nc2ccccc2[N+](=O)[O-])s1. The molecule has 0 radical (unpaired) electrons. The number of aromatic nitrogens is 2. The van der Waals surface area contributed by atoms with Crippen molar-refractivity contribution in [3.8, 4) is 0 Å². The van der Waals surface area contributed by atoms with Gasteiger partial charge in [-0.3, -0.25) is 14.9 Å². The zero-order chi connectivity index (χ0) is 17.5. The topological polar surface area (TPSA) is 98.0 Å². The van der Waals surface area contributed by atoms with E-state index in [0.29, 0.717) is 4.34 Å². The summed E-state index contributed by atoms with van der Waals surface area (Å²) in [6, 6.07) is 6.02. The van der Waals surface area contributed by atoms with Gasteiger partial charge in [-0.25, -0.2) is 0 Å². The van der Waals surface area contributed by atoms with Crippen LogP contribution < -0.4 is 5.32 Å². The van der Waals surface area contributed by atoms with Gasteiger partial charge >= 0.3 is 0 Å². The Morgan fingerprint density at radius 3 is 2.54 bits per heavy atom. The summed E-state index contributed by atoms with van der Waals surface area (Å²) in [7, 11) is 0. The predicted octanol–water partition coefficient (Wildman–Crippen LogP) is 3.85. The van der Waals surface area contributed by atoms with Crippen LogP contribution in [0.1, 0.15) is 6.92 Å². The van der Waals surface area contributed by atoms with E-state index in [0.717, 1.165) is 15.7 Å². The number of carbonyl (C=O) groups excluding carboxylic acids is 1. The molecule has 0 unspecified atom stereocenters. The molecular weight excluding hydrogens is 368 g/mol. The second-order valence-electron chi connectivity index (χ2n) is 4.69. The molecule has 0 bridgehead atoms. The van der Waals surface area contributed by atoms with Gasteiger partial charge in [0.2, 0.25) is 5.91 Å². The number of thioether (sulfide) groups is 2. The van der Waals surface area contributed by atoms with Crippen molar-refractivity contribution in [2.45, 2.75) is 15.6 Å². The zero-order valence-electron chi connectivity index (χ0n) is 12.7. The fraction of sp³-hybridized carbons (Fsp3) is 0.214. The number of nitrogens with one attached hydrogen (secondary N) is 1. The number of anilines is 1. The van der Waals surface area contributed by atoms with Crippen LogP contribution in [0.4, 0.5) is 11.4 Å². The van der Waals surface area contributed by atoms with Crippen LogP contribution in [0.15, 0.2) is 45.1 Å². The molecular formula is C14H14N4O3S3. The Bertz CT molecular complexity index is 763. The first-order chi connectivity index (χ1) is 11.5. The lowest BCUT2D eigenvalue weighted by molar-refractivity contribution is -0.383. The van der Waals surface area contributed by atoms with Gasteiger partial charge in [0.05, 0.1) is 10.7 Å². The van der Waals surface area contributed by atoms with Crippen LogP contribution in [0.3, 0.4) is 0 Å². The quantitative estimate of drug-likeness (QED) is 0.320. The summed E-state index contributed by atoms with van der Waals surface area (Å²) in [4.78, 5) is 22.4. The second-order valence-corrected chi connectivity index (χ2v) is 8.11. The van der Waals surface area contributed by atoms with Crippen molar-refractivity contribution >= 4 is 52.1 Å². The average molecular weight is 382 g/mol. The normalized spacial score (nSPS) is 10.4. The minimum Gasteiger partial charge on any atom is -0.320 e. The highest BCUT2D eigenvalue weighted by molar-refractivity contribution is 8.03. The number of nitrogens with zero attached hydrogens (tertiary/aromatic N) is 3. The average Bonchev–Trinajstić information content (AvgIpc) is 2.99. The molecule has 0 spiro atoms. The summed E-state index contributed by atoms with van der Waals surface area (Å²) in [6.45, 7) is 5.77. The lowest BCUT2D eigenvalue weighted by atomic mass is 10.2. The number of amides is 1. The highest BCUT2D eigenvalue weighted by Gasteiger charge is 2.15. The van der Waals surface area contributed by atoms with Crippen LogP contribution in [0.2, 0.25) is 0 Å². The number of hydrogen-bond donors (Lipinski definition) is 1. The molecule has 0 aliphatic heterocycles. The van der Waals surface area contributed by atoms with E-state index in [2.05, 4.69) is 22.1 Å². The molecule has 1 heterocycles. The Morgan fingerprint density at radius 1 is 1.29 bits per heavy atom. The van der Waals surface area contributed by atoms with Gasteiger partial charge in [0.1, 0.15) is 5.69 Å². The third-order valence-electron chi connectivity index (χ3n) is 2.53. The number of nitro groups is 1. The molecule has 0 aliphatic carbocycles. The Kier molecular flexibility index (Phi) is 6.76. The standard InChI is InChI=1S/C14H14N4O3S3/c1-9(2)7-22-13-16-17-14(24-13)23-8-12(19)15-10-5-3-4-6-11(10)18(20)21/h3-6H,1,7-8H2,2H3,(H,15,19). The molecule has 1 N–H and O–H groups in total. The third-order valence-corrected chi connectivity index (χ3v) is 5.95. The van der Waals surface area contributed by atoms with E-state index < -0.39 is 4.92 Å². The van der Waals surface area contributed by atoms with Gasteiger partial charge in [0.15, 0.2) is 8.68 Å². The molecule has 2 rings (SSSR count). The fourth-order valence-electron chi connectivity index (χ4n) is 1.55. The van der Waals surface area contributed by atoms with E-state index >= 15 is 0 Å². The Morgan fingerprint density at radius 2 is 1.92 bits per heavy atom. The summed E-state index contributed by atoms with van der Waals surface area (Å²) < 4.78 is 1.50. The monoisotopic (exact) mass is 382 g/mol. The molecule has 0 atom stereocenters. The summed E-state index contributed by atoms with van der Waals surface area (Å²) >= 11 is 4.20. The molecule has 1 amide bonds. The summed E-state index contributed by atoms with van der Waals surface area (Å²) in [5.74, 6) is 0.546. The molecule has 126 valence electrons. The summed E-state index contributed by atoms with van der Waals surface area (Å²) in [5, 5.41) is 21.5. The molecule has 0 fully saturated rings. The summed E-state index contributed by atoms with van der Waals surface area (Å²) in [6.07, 6.45) is 0. The van der Waals surface area contributed by atoms with Crippen molar-refractivity contribution in [1.29, 1.82) is 0 Å². The first-order valence-electron chi connectivity index (χ1n) is 6.72. The lowest BCUT2D eigenvalue weighted by Crippen LogP contribution is -2.15. The Labute approximate surface area is 151 Å². The van der Waals surface area contributed by atoms with E-state index in [9.17, 15) is 14.9 Å². The fourth-order valence-corrected chi connectivity index (χ4v) is 4.21. The van der Waals surface area contributed by atoms with Gasteiger partial charge in [0, 0.05) is 11.8 Å². The first kappa shape index (κ1) is 18.4. The lowest BCUT2D eigenvalue weighted by Gasteiger charge is -2.04. The van der Waals surface area contributed by atoms with E-state index in [1.807, 2.05) is 6.92 Å². The maximum absolute atomic E-state index is 12.0. The van der Waals surface area contributed by atoms with Crippen LogP contribution in [0.5, 0.6) is 0 Å². The van der Waals surface area contributed by atoms with Crippen LogP contribution in [-0.2, 0) is 4.79 Å². The number of carbonyl (C=O) groups is 1. The van der Waals surface area contributed by atoms with Crippen molar-refractivity contribution in [1.82, 2.24) is 10.2 Å². The van der Waals surface area contributed by atoms with E-state index in [-0.39, 0.29) is 23.0 Å². The van der Waals surface area contributed by atoms with Crippen molar-refractivity contribution in [2.75, 3.05) is 16.8 Å². The third kappa shape index (κ3) is 5.62. The van der Waals surface area contributed by atoms with E-state index in [4.69, 9.17) is 0 Å². The van der Waals surface area contributed by atoms with E-state index in [1.165, 1.54) is 35.2 Å². The van der Waals surface area contributed by atoms with Gasteiger partial charge < -0.3 is 5.32 Å². The molecule has 1 aromatic heterocycles. The maximum atomic E-state index is 12.0. The largest absolute Gasteiger partial charge is 0.320 e. The molecule has 2 aromatic rings. The van der Waals surface area contributed by atoms with Gasteiger partial charge in [-0.1, -0.05) is 59.1 Å². The van der Waals surface area contributed by atoms with Crippen LogP contribution in [-0.4, -0.2) is 32.5 Å². The van der Waals surface area contributed by atoms with Crippen LogP contribution >= 0.6 is 34.9 Å². The predicted molar refractivity (Wildman–Crippen MR) is 97.9 cm³/mol. The molecule has 7 nitrogen and oxygen atoms in total. The molecule has 0 saturated carbocycles. The van der Waals surface area contributed by atoms with Crippen molar-refractivity contribution < 1.29 is 9.72 Å². The van der Waals surface area contributed by atoms with Crippen LogP contribution in [0, 0.1) is 10.1 Å². The minimum absolute atomic E-state index is 0.103. The van der Waals surface area contributed by atoms with Gasteiger partial charge in [-0.2, -0.15) is 0 Å². The van der Waals surface area contributed by atoms with Gasteiger partial charge in [0.25, 0.3) is 5.69 Å². The highest BCUT2D eigenvalue weighted by Crippen LogP contribution is 2.30. The molecule has 0 saturated heterocycles. The molecule has 10 heteroatoms. The van der Waals surface area contributed by atoms with Gasteiger partial charge in [-0.05, 0) is 13.0 Å². The van der Waals surface area contributed by atoms with Crippen LogP contribution in [0.25, 0.3) is 0 Å². The smallest absolute Gasteiger partial charge is 0.292 e. The van der Waals surface area contributed by atoms with E-state index in [1.54, 1.807) is 23.9 Å². The maximum Gasteiger partial charge on any atom is 0.292 e. The Balaban J connectivity index is 1.88. The molecule has 24 heavy (non-hydrogen) atoms. The highest BCUT2D eigenvalue weighted by atomic mass is 32.2. The van der Waals surface area contributed by atoms with Crippen molar-refractivity contribution in [2.24, 2.45) is 0 Å².